The molecule has 0 bridgehead atoms. The monoisotopic (exact) mass is 697 g/mol. The lowest BCUT2D eigenvalue weighted by Crippen LogP contribution is -2.55. The second-order valence-electron chi connectivity index (χ2n) is 13.6. The highest BCUT2D eigenvalue weighted by Gasteiger charge is 2.47. The van der Waals surface area contributed by atoms with Gasteiger partial charge in [0.25, 0.3) is 0 Å². The van der Waals surface area contributed by atoms with Crippen LogP contribution in [0, 0.1) is 5.92 Å². The van der Waals surface area contributed by atoms with E-state index in [2.05, 4.69) is 47.3 Å². The van der Waals surface area contributed by atoms with E-state index in [-0.39, 0.29) is 23.3 Å². The molecular formula is C37H47N9O5. The third kappa shape index (κ3) is 6.94. The van der Waals surface area contributed by atoms with Crippen LogP contribution in [0.15, 0.2) is 49.1 Å². The quantitative estimate of drug-likeness (QED) is 0.223. The first-order chi connectivity index (χ1) is 24.9. The Hall–Kier alpha value is -4.82. The first-order valence-corrected chi connectivity index (χ1v) is 17.9. The number of aliphatic hydroxyl groups is 1. The molecule has 1 spiro atoms. The lowest BCUT2D eigenvalue weighted by Gasteiger charge is -2.52. The summed E-state index contributed by atoms with van der Waals surface area (Å²) in [5, 5.41) is 17.4. The van der Waals surface area contributed by atoms with E-state index in [0.29, 0.717) is 45.0 Å². The minimum absolute atomic E-state index is 0.0334. The zero-order valence-electron chi connectivity index (χ0n) is 29.5. The standard InChI is InChI=1S/C37H47N9O5/c1-50-31-20-27-9-15-45(14-5-13-39-33(48)24-47)37(30(27)21-32(31)51-2)10-7-26(8-11-37)36(49)44-18-16-43(17-19-44)34-29-22-42-46(35(29)41-25-40-34)23-28-6-3-4-12-38-28/h3-4,6,12,20-22,25-26,47H,5,7-11,13-19,23-24H2,1-2H3,(H,39,48). The van der Waals surface area contributed by atoms with Crippen molar-refractivity contribution in [1.82, 2.24) is 39.8 Å². The van der Waals surface area contributed by atoms with Crippen molar-refractivity contribution in [3.05, 3.63) is 65.9 Å². The van der Waals surface area contributed by atoms with E-state index in [9.17, 15) is 9.59 Å². The smallest absolute Gasteiger partial charge is 0.245 e. The van der Waals surface area contributed by atoms with Gasteiger partial charge in [-0.25, -0.2) is 14.6 Å². The van der Waals surface area contributed by atoms with E-state index in [0.717, 1.165) is 79.9 Å². The number of hydrogen-bond donors (Lipinski definition) is 2. The van der Waals surface area contributed by atoms with Crippen molar-refractivity contribution in [2.75, 3.05) is 71.5 Å². The average Bonchev–Trinajstić information content (AvgIpc) is 3.59. The summed E-state index contributed by atoms with van der Waals surface area (Å²) in [5.41, 5.74) is 3.96. The predicted octanol–water partition coefficient (Wildman–Crippen LogP) is 2.38. The van der Waals surface area contributed by atoms with E-state index in [1.54, 1.807) is 26.7 Å². The number of ether oxygens (including phenoxy) is 2. The van der Waals surface area contributed by atoms with Gasteiger partial charge in [-0.2, -0.15) is 5.10 Å². The number of hydrogen-bond acceptors (Lipinski definition) is 11. The molecule has 1 aromatic carbocycles. The van der Waals surface area contributed by atoms with Gasteiger partial charge in [0.2, 0.25) is 11.8 Å². The Morgan fingerprint density at radius 3 is 2.51 bits per heavy atom. The number of fused-ring (bicyclic) bond motifs is 3. The fraction of sp³-hybridized carbons (Fsp3) is 0.514. The largest absolute Gasteiger partial charge is 0.493 e. The number of amides is 2. The van der Waals surface area contributed by atoms with Crippen molar-refractivity contribution >= 4 is 28.7 Å². The van der Waals surface area contributed by atoms with Gasteiger partial charge < -0.3 is 29.7 Å². The first-order valence-electron chi connectivity index (χ1n) is 17.9. The number of carbonyl (C=O) groups is 2. The summed E-state index contributed by atoms with van der Waals surface area (Å²) in [7, 11) is 3.33. The molecule has 3 aliphatic rings. The molecule has 5 heterocycles. The van der Waals surface area contributed by atoms with Crippen molar-refractivity contribution in [3.63, 3.8) is 0 Å². The molecule has 2 amide bonds. The van der Waals surface area contributed by atoms with Crippen LogP contribution in [0.3, 0.4) is 0 Å². The fourth-order valence-corrected chi connectivity index (χ4v) is 8.30. The molecule has 0 radical (unpaired) electrons. The third-order valence-electron chi connectivity index (χ3n) is 10.9. The SMILES string of the molecule is COc1cc2c(cc1OC)C1(CCC(C(=O)N3CCN(c4ncnc5c4cnn5Cc4ccccn4)CC3)CC1)N(CCCNC(=O)CO)CC2. The maximum absolute atomic E-state index is 14.0. The number of pyridine rings is 1. The van der Waals surface area contributed by atoms with Crippen molar-refractivity contribution in [2.24, 2.45) is 5.92 Å². The minimum Gasteiger partial charge on any atom is -0.493 e. The van der Waals surface area contributed by atoms with Crippen LogP contribution in [-0.4, -0.2) is 118 Å². The van der Waals surface area contributed by atoms with Crippen LogP contribution < -0.4 is 19.7 Å². The lowest BCUT2D eigenvalue weighted by atomic mass is 9.68. The molecule has 3 aromatic heterocycles. The van der Waals surface area contributed by atoms with Crippen LogP contribution in [0.25, 0.3) is 11.0 Å². The first kappa shape index (κ1) is 34.6. The molecule has 51 heavy (non-hydrogen) atoms. The Bertz CT molecular complexity index is 1830. The topological polar surface area (TPSA) is 151 Å². The number of benzene rings is 1. The molecule has 0 unspecified atom stereocenters. The van der Waals surface area contributed by atoms with E-state index < -0.39 is 6.61 Å². The Labute approximate surface area is 297 Å². The van der Waals surface area contributed by atoms with Gasteiger partial charge in [-0.15, -0.1) is 0 Å². The van der Waals surface area contributed by atoms with Gasteiger partial charge in [0.15, 0.2) is 17.1 Å². The lowest BCUT2D eigenvalue weighted by molar-refractivity contribution is -0.138. The second kappa shape index (κ2) is 15.2. The Morgan fingerprint density at radius 1 is 1.00 bits per heavy atom. The fourth-order valence-electron chi connectivity index (χ4n) is 8.30. The molecule has 4 aromatic rings. The van der Waals surface area contributed by atoms with E-state index >= 15 is 0 Å². The number of piperazine rings is 1. The molecular weight excluding hydrogens is 650 g/mol. The van der Waals surface area contributed by atoms with Crippen molar-refractivity contribution in [2.45, 2.75) is 50.6 Å². The molecule has 7 rings (SSSR count). The minimum atomic E-state index is -0.503. The zero-order chi connectivity index (χ0) is 35.4. The molecule has 2 aliphatic heterocycles. The summed E-state index contributed by atoms with van der Waals surface area (Å²) in [4.78, 5) is 46.1. The Balaban J connectivity index is 1.01. The van der Waals surface area contributed by atoms with Crippen molar-refractivity contribution in [3.8, 4) is 11.5 Å². The normalized spacial score (nSPS) is 20.7. The molecule has 270 valence electrons. The highest BCUT2D eigenvalue weighted by atomic mass is 16.5. The van der Waals surface area contributed by atoms with E-state index in [1.807, 2.05) is 34.0 Å². The molecule has 2 N–H and O–H groups in total. The Morgan fingerprint density at radius 2 is 1.78 bits per heavy atom. The summed E-state index contributed by atoms with van der Waals surface area (Å²) in [6, 6.07) is 10.1. The molecule has 2 fully saturated rings. The maximum atomic E-state index is 14.0. The van der Waals surface area contributed by atoms with Crippen LogP contribution >= 0.6 is 0 Å². The highest BCUT2D eigenvalue weighted by Crippen LogP contribution is 2.50. The maximum Gasteiger partial charge on any atom is 0.245 e. The summed E-state index contributed by atoms with van der Waals surface area (Å²) in [6.45, 7) is 4.88. The summed E-state index contributed by atoms with van der Waals surface area (Å²) in [6.07, 6.45) is 10.2. The molecule has 1 saturated carbocycles. The molecule has 14 nitrogen and oxygen atoms in total. The third-order valence-corrected chi connectivity index (χ3v) is 10.9. The average molecular weight is 698 g/mol. The molecule has 14 heteroatoms. The van der Waals surface area contributed by atoms with Gasteiger partial charge in [0.05, 0.1) is 38.0 Å². The van der Waals surface area contributed by atoms with Gasteiger partial charge in [-0.05, 0) is 73.9 Å². The number of anilines is 1. The number of nitrogens with zero attached hydrogens (tertiary/aromatic N) is 8. The van der Waals surface area contributed by atoms with E-state index in [1.165, 1.54) is 11.1 Å². The molecule has 1 saturated heterocycles. The summed E-state index contributed by atoms with van der Waals surface area (Å²) < 4.78 is 13.2. The van der Waals surface area contributed by atoms with E-state index in [4.69, 9.17) is 14.6 Å². The predicted molar refractivity (Wildman–Crippen MR) is 191 cm³/mol. The van der Waals surface area contributed by atoms with Gasteiger partial charge in [0.1, 0.15) is 18.8 Å². The van der Waals surface area contributed by atoms with Gasteiger partial charge in [-0.1, -0.05) is 6.07 Å². The number of rotatable bonds is 11. The second-order valence-corrected chi connectivity index (χ2v) is 13.6. The van der Waals surface area contributed by atoms with Crippen LogP contribution in [0.5, 0.6) is 11.5 Å². The number of carbonyl (C=O) groups excluding carboxylic acids is 2. The van der Waals surface area contributed by atoms with Crippen LogP contribution in [0.4, 0.5) is 5.82 Å². The van der Waals surface area contributed by atoms with Crippen molar-refractivity contribution in [1.29, 1.82) is 0 Å². The molecule has 0 atom stereocenters. The van der Waals surface area contributed by atoms with Crippen LogP contribution in [0.1, 0.15) is 48.9 Å². The van der Waals surface area contributed by atoms with Crippen LogP contribution in [-0.2, 0) is 28.1 Å². The van der Waals surface area contributed by atoms with Gasteiger partial charge in [-0.3, -0.25) is 19.5 Å². The number of nitrogens with one attached hydrogen (secondary N) is 1. The zero-order valence-corrected chi connectivity index (χ0v) is 29.5. The summed E-state index contributed by atoms with van der Waals surface area (Å²) in [5.74, 6) is 2.14. The van der Waals surface area contributed by atoms with Gasteiger partial charge in [0, 0.05) is 63.5 Å². The number of methoxy groups -OCH3 is 2. The van der Waals surface area contributed by atoms with Crippen LogP contribution in [0.2, 0.25) is 0 Å². The van der Waals surface area contributed by atoms with Gasteiger partial charge >= 0.3 is 0 Å². The highest BCUT2D eigenvalue weighted by molar-refractivity contribution is 5.87. The molecule has 1 aliphatic carbocycles. The number of aromatic nitrogens is 5. The summed E-state index contributed by atoms with van der Waals surface area (Å²) >= 11 is 0. The Kier molecular flexibility index (Phi) is 10.3. The van der Waals surface area contributed by atoms with Crippen molar-refractivity contribution < 1.29 is 24.2 Å². The number of aliphatic hydroxyl groups excluding tert-OH is 1.